The molecule has 0 fully saturated rings. The standard InChI is InChI=1S/C4H8O2.Na/c1-2-3-4(5)6;/h2-3H2,1H3,(H,5,6);/q;+1/p-1/i3+1;. The second kappa shape index (κ2) is 6.47. The van der Waals surface area contributed by atoms with Gasteiger partial charge < -0.3 is 9.90 Å². The second-order valence-electron chi connectivity index (χ2n) is 1.12. The summed E-state index contributed by atoms with van der Waals surface area (Å²) in [5, 5.41) is 9.49. The smallest absolute Gasteiger partial charge is 0.550 e. The minimum absolute atomic E-state index is 0. The maximum Gasteiger partial charge on any atom is 1.00 e. The SMILES string of the molecule is CC[13CH2]C(=O)[O-].[Na+]. The van der Waals surface area contributed by atoms with Crippen molar-refractivity contribution >= 4 is 5.97 Å². The molecule has 0 aliphatic heterocycles. The van der Waals surface area contributed by atoms with E-state index in [0.29, 0.717) is 6.42 Å². The molecule has 0 N–H and O–H groups in total. The van der Waals surface area contributed by atoms with Gasteiger partial charge in [-0.25, -0.2) is 0 Å². The van der Waals surface area contributed by atoms with Crippen molar-refractivity contribution in [3.05, 3.63) is 0 Å². The van der Waals surface area contributed by atoms with E-state index < -0.39 is 5.97 Å². The predicted octanol–water partition coefficient (Wildman–Crippen LogP) is -3.46. The van der Waals surface area contributed by atoms with Crippen molar-refractivity contribution in [2.24, 2.45) is 0 Å². The topological polar surface area (TPSA) is 40.1 Å². The van der Waals surface area contributed by atoms with Crippen LogP contribution in [0.3, 0.4) is 0 Å². The number of hydrogen-bond donors (Lipinski definition) is 0. The number of hydrogen-bond acceptors (Lipinski definition) is 2. The van der Waals surface area contributed by atoms with E-state index in [4.69, 9.17) is 0 Å². The minimum Gasteiger partial charge on any atom is -0.550 e. The van der Waals surface area contributed by atoms with Crippen LogP contribution in [-0.2, 0) is 4.79 Å². The van der Waals surface area contributed by atoms with E-state index in [-0.39, 0.29) is 36.0 Å². The van der Waals surface area contributed by atoms with Crippen molar-refractivity contribution < 1.29 is 39.5 Å². The number of aliphatic carboxylic acids is 1. The molecule has 0 amide bonds. The van der Waals surface area contributed by atoms with Gasteiger partial charge in [0.25, 0.3) is 0 Å². The van der Waals surface area contributed by atoms with Crippen molar-refractivity contribution in [2.45, 2.75) is 19.8 Å². The van der Waals surface area contributed by atoms with Crippen LogP contribution in [0.5, 0.6) is 0 Å². The van der Waals surface area contributed by atoms with E-state index in [1.54, 1.807) is 6.92 Å². The van der Waals surface area contributed by atoms with E-state index in [1.807, 2.05) is 0 Å². The fourth-order valence-corrected chi connectivity index (χ4v) is 0.204. The van der Waals surface area contributed by atoms with Gasteiger partial charge in [0, 0.05) is 5.97 Å². The molecule has 0 radical (unpaired) electrons. The van der Waals surface area contributed by atoms with Gasteiger partial charge in [-0.2, -0.15) is 0 Å². The average Bonchev–Trinajstić information content (AvgIpc) is 1.35. The molecule has 0 aromatic carbocycles. The number of carbonyl (C=O) groups is 1. The van der Waals surface area contributed by atoms with Crippen LogP contribution in [0.4, 0.5) is 0 Å². The summed E-state index contributed by atoms with van der Waals surface area (Å²) in [6, 6.07) is 0. The van der Waals surface area contributed by atoms with Gasteiger partial charge in [-0.05, 0) is 6.42 Å². The summed E-state index contributed by atoms with van der Waals surface area (Å²) >= 11 is 0. The van der Waals surface area contributed by atoms with Gasteiger partial charge in [-0.15, -0.1) is 0 Å². The molecule has 0 unspecified atom stereocenters. The summed E-state index contributed by atoms with van der Waals surface area (Å²) in [4.78, 5) is 9.49. The first-order valence-electron chi connectivity index (χ1n) is 1.97. The van der Waals surface area contributed by atoms with Gasteiger partial charge in [-0.3, -0.25) is 0 Å². The number of rotatable bonds is 2. The van der Waals surface area contributed by atoms with Gasteiger partial charge in [-0.1, -0.05) is 13.3 Å². The van der Waals surface area contributed by atoms with Crippen LogP contribution in [-0.4, -0.2) is 5.97 Å². The maximum atomic E-state index is 9.49. The summed E-state index contributed by atoms with van der Waals surface area (Å²) in [5.74, 6) is -0.961. The van der Waals surface area contributed by atoms with Crippen molar-refractivity contribution in [3.8, 4) is 0 Å². The Kier molecular flexibility index (Phi) is 9.66. The van der Waals surface area contributed by atoms with E-state index >= 15 is 0 Å². The molecular formula is C4H7NaO2. The Morgan fingerprint density at radius 2 is 2.14 bits per heavy atom. The van der Waals surface area contributed by atoms with Crippen LogP contribution < -0.4 is 34.7 Å². The first-order valence-corrected chi connectivity index (χ1v) is 1.97. The molecule has 0 spiro atoms. The molecule has 0 aromatic heterocycles. The number of carboxylic acids is 1. The molecule has 3 heteroatoms. The zero-order valence-corrected chi connectivity index (χ0v) is 6.73. The monoisotopic (exact) mass is 111 g/mol. The van der Waals surface area contributed by atoms with Crippen LogP contribution in [0.1, 0.15) is 19.8 Å². The molecule has 0 saturated carbocycles. The maximum absolute atomic E-state index is 9.49. The van der Waals surface area contributed by atoms with Crippen LogP contribution in [0.2, 0.25) is 0 Å². The van der Waals surface area contributed by atoms with E-state index in [9.17, 15) is 9.90 Å². The van der Waals surface area contributed by atoms with E-state index in [0.717, 1.165) is 0 Å². The third kappa shape index (κ3) is 10.7. The molecule has 0 aromatic rings. The predicted molar refractivity (Wildman–Crippen MR) is 19.9 cm³/mol. The van der Waals surface area contributed by atoms with Crippen molar-refractivity contribution in [1.82, 2.24) is 0 Å². The molecule has 0 atom stereocenters. The Balaban J connectivity index is 0. The third-order valence-electron chi connectivity index (χ3n) is 0.454. The molecule has 0 aliphatic carbocycles. The quantitative estimate of drug-likeness (QED) is 0.274. The van der Waals surface area contributed by atoms with E-state index in [1.165, 1.54) is 0 Å². The summed E-state index contributed by atoms with van der Waals surface area (Å²) in [6.45, 7) is 1.80. The van der Waals surface area contributed by atoms with Crippen molar-refractivity contribution in [1.29, 1.82) is 0 Å². The molecular weight excluding hydrogens is 104 g/mol. The molecule has 36 valence electrons. The molecule has 0 saturated heterocycles. The Labute approximate surface area is 65.2 Å². The minimum atomic E-state index is -0.961. The van der Waals surface area contributed by atoms with Crippen molar-refractivity contribution in [2.75, 3.05) is 0 Å². The second-order valence-corrected chi connectivity index (χ2v) is 1.12. The molecule has 2 nitrogen and oxygen atoms in total. The normalized spacial score (nSPS) is 7.00. The summed E-state index contributed by atoms with van der Waals surface area (Å²) < 4.78 is 0. The molecule has 0 rings (SSSR count). The molecule has 7 heavy (non-hydrogen) atoms. The fourth-order valence-electron chi connectivity index (χ4n) is 0.204. The average molecular weight is 111 g/mol. The molecule has 0 aliphatic rings. The molecule has 0 bridgehead atoms. The first kappa shape index (κ1) is 10.5. The molecule has 0 heterocycles. The Morgan fingerprint density at radius 3 is 2.14 bits per heavy atom. The zero-order valence-electron chi connectivity index (χ0n) is 4.73. The summed E-state index contributed by atoms with van der Waals surface area (Å²) in [7, 11) is 0. The number of carbonyl (C=O) groups excluding carboxylic acids is 1. The van der Waals surface area contributed by atoms with Gasteiger partial charge in [0.15, 0.2) is 0 Å². The number of carboxylic acid groups (broad SMARTS) is 1. The van der Waals surface area contributed by atoms with Crippen LogP contribution in [0, 0.1) is 0 Å². The Morgan fingerprint density at radius 1 is 1.71 bits per heavy atom. The Hall–Kier alpha value is 0.470. The van der Waals surface area contributed by atoms with Gasteiger partial charge >= 0.3 is 29.6 Å². The van der Waals surface area contributed by atoms with Gasteiger partial charge in [0.05, 0.1) is 0 Å². The Bertz CT molecular complexity index is 53.7. The third-order valence-corrected chi connectivity index (χ3v) is 0.454. The zero-order chi connectivity index (χ0) is 4.99. The summed E-state index contributed by atoms with van der Waals surface area (Å²) in [5.41, 5.74) is 0. The van der Waals surface area contributed by atoms with Gasteiger partial charge in [0.1, 0.15) is 0 Å². The van der Waals surface area contributed by atoms with Gasteiger partial charge in [0.2, 0.25) is 0 Å². The van der Waals surface area contributed by atoms with Crippen LogP contribution in [0.25, 0.3) is 0 Å². The van der Waals surface area contributed by atoms with Crippen molar-refractivity contribution in [3.63, 3.8) is 0 Å². The largest absolute Gasteiger partial charge is 1.00 e. The fraction of sp³-hybridized carbons (Fsp3) is 0.750. The first-order chi connectivity index (χ1) is 2.77. The van der Waals surface area contributed by atoms with Crippen LogP contribution >= 0.6 is 0 Å². The van der Waals surface area contributed by atoms with E-state index in [2.05, 4.69) is 0 Å². The summed E-state index contributed by atoms with van der Waals surface area (Å²) in [6.07, 6.45) is 0.850. The van der Waals surface area contributed by atoms with Crippen LogP contribution in [0.15, 0.2) is 0 Å².